The summed E-state index contributed by atoms with van der Waals surface area (Å²) in [5.41, 5.74) is 6.73. The number of piperidine rings is 1. The summed E-state index contributed by atoms with van der Waals surface area (Å²) in [4.78, 5) is 26.3. The summed E-state index contributed by atoms with van der Waals surface area (Å²) in [5.74, 6) is 1.85. The molecule has 13 heteroatoms. The Hall–Kier alpha value is -3.39. The van der Waals surface area contributed by atoms with Crippen LogP contribution in [0, 0.1) is 6.92 Å². The number of ether oxygens (including phenoxy) is 1. The van der Waals surface area contributed by atoms with Gasteiger partial charge in [0.15, 0.2) is 0 Å². The van der Waals surface area contributed by atoms with Crippen molar-refractivity contribution in [3.63, 3.8) is 0 Å². The second-order valence-corrected chi connectivity index (χ2v) is 14.1. The molecule has 0 atom stereocenters. The number of nitrogens with zero attached hydrogens (tertiary/aromatic N) is 8. The van der Waals surface area contributed by atoms with E-state index in [-0.39, 0.29) is 6.04 Å². The smallest absolute Gasteiger partial charge is 0.229 e. The van der Waals surface area contributed by atoms with Crippen LogP contribution in [-0.2, 0) is 0 Å². The number of anilines is 6. The Morgan fingerprint density at radius 1 is 0.979 bits per heavy atom. The van der Waals surface area contributed by atoms with Crippen molar-refractivity contribution in [3.05, 3.63) is 52.9 Å². The molecule has 2 fully saturated rings. The van der Waals surface area contributed by atoms with E-state index in [1.54, 1.807) is 37.6 Å². The van der Waals surface area contributed by atoms with Gasteiger partial charge in [-0.1, -0.05) is 11.9 Å². The Labute approximate surface area is 290 Å². The van der Waals surface area contributed by atoms with Crippen molar-refractivity contribution >= 4 is 73.4 Å². The van der Waals surface area contributed by atoms with Crippen LogP contribution in [0.4, 0.5) is 34.5 Å². The van der Waals surface area contributed by atoms with Crippen LogP contribution in [0.3, 0.4) is 0 Å². The van der Waals surface area contributed by atoms with E-state index in [4.69, 9.17) is 14.7 Å². The van der Waals surface area contributed by atoms with Gasteiger partial charge in [-0.05, 0) is 80.4 Å². The zero-order chi connectivity index (χ0) is 33.1. The van der Waals surface area contributed by atoms with Gasteiger partial charge in [-0.3, -0.25) is 14.9 Å². The predicted molar refractivity (Wildman–Crippen MR) is 199 cm³/mol. The van der Waals surface area contributed by atoms with Crippen molar-refractivity contribution < 1.29 is 4.74 Å². The highest BCUT2D eigenvalue weighted by molar-refractivity contribution is 9.10. The van der Waals surface area contributed by atoms with Crippen LogP contribution >= 0.6 is 27.9 Å². The van der Waals surface area contributed by atoms with Gasteiger partial charge in [0.2, 0.25) is 5.95 Å². The van der Waals surface area contributed by atoms with Crippen LogP contribution < -0.4 is 24.6 Å². The molecule has 0 spiro atoms. The number of rotatable bonds is 10. The number of benzene rings is 2. The molecule has 0 saturated carbocycles. The monoisotopic (exact) mass is 720 g/mol. The molecule has 0 radical (unpaired) electrons. The number of methoxy groups -OCH3 is 1. The molecular weight excluding hydrogens is 676 g/mol. The van der Waals surface area contributed by atoms with Crippen LogP contribution in [0.15, 0.2) is 47.3 Å². The molecule has 0 aliphatic carbocycles. The maximum atomic E-state index is 5.89. The number of halogens is 1. The zero-order valence-electron chi connectivity index (χ0n) is 28.1. The molecule has 250 valence electrons. The molecule has 2 aromatic carbocycles. The van der Waals surface area contributed by atoms with E-state index in [0.717, 1.165) is 51.4 Å². The summed E-state index contributed by atoms with van der Waals surface area (Å²) in [6.45, 7) is 13.3. The molecular formula is C34H45BrN10OS. The van der Waals surface area contributed by atoms with Gasteiger partial charge in [0, 0.05) is 88.0 Å². The molecule has 2 aromatic heterocycles. The molecule has 47 heavy (non-hydrogen) atoms. The number of piperazine rings is 1. The maximum Gasteiger partial charge on any atom is 0.229 e. The molecule has 11 nitrogen and oxygen atoms in total. The van der Waals surface area contributed by atoms with E-state index in [0.29, 0.717) is 17.8 Å². The van der Waals surface area contributed by atoms with E-state index in [2.05, 4.69) is 102 Å². The van der Waals surface area contributed by atoms with E-state index in [9.17, 15) is 0 Å². The average Bonchev–Trinajstić information content (AvgIpc) is 3.08. The highest BCUT2D eigenvalue weighted by Crippen LogP contribution is 2.40. The minimum Gasteiger partial charge on any atom is -0.494 e. The van der Waals surface area contributed by atoms with Gasteiger partial charge < -0.3 is 29.5 Å². The third-order valence-electron chi connectivity index (χ3n) is 9.12. The van der Waals surface area contributed by atoms with Gasteiger partial charge in [0.05, 0.1) is 34.2 Å². The molecule has 2 aliphatic rings. The summed E-state index contributed by atoms with van der Waals surface area (Å²) in [7, 11) is 3.93. The average molecular weight is 722 g/mol. The molecule has 0 unspecified atom stereocenters. The van der Waals surface area contributed by atoms with Crippen molar-refractivity contribution in [1.82, 2.24) is 29.7 Å². The minimum absolute atomic E-state index is 0.228. The SMILES string of the molecule is COc1cc(N2CCC(N3CCN(C)CC3)CC2)c(C)cc1Nc1ncc(Br)c(Nc2ccc3nccnc3c2N(SC)C(C)C)n1. The topological polar surface area (TPSA) is 97.8 Å². The first-order chi connectivity index (χ1) is 22.7. The summed E-state index contributed by atoms with van der Waals surface area (Å²) < 4.78 is 8.87. The molecule has 4 aromatic rings. The molecule has 2 aliphatic heterocycles. The summed E-state index contributed by atoms with van der Waals surface area (Å²) in [5, 5.41) is 6.97. The number of aromatic nitrogens is 4. The second-order valence-electron chi connectivity index (χ2n) is 12.5. The number of hydrogen-bond acceptors (Lipinski definition) is 12. The number of likely N-dealkylation sites (N-methyl/N-ethyl adjacent to an activating group) is 1. The zero-order valence-corrected chi connectivity index (χ0v) is 30.5. The maximum absolute atomic E-state index is 5.89. The second kappa shape index (κ2) is 14.8. The number of hydrogen-bond donors (Lipinski definition) is 2. The predicted octanol–water partition coefficient (Wildman–Crippen LogP) is 6.70. The van der Waals surface area contributed by atoms with Gasteiger partial charge in [0.1, 0.15) is 17.1 Å². The van der Waals surface area contributed by atoms with E-state index < -0.39 is 0 Å². The third kappa shape index (κ3) is 7.38. The van der Waals surface area contributed by atoms with E-state index in [1.165, 1.54) is 50.3 Å². The van der Waals surface area contributed by atoms with Crippen LogP contribution in [0.2, 0.25) is 0 Å². The van der Waals surface area contributed by atoms with Crippen molar-refractivity contribution in [2.75, 3.05) is 79.5 Å². The summed E-state index contributed by atoms with van der Waals surface area (Å²) in [6, 6.07) is 9.19. The molecule has 6 rings (SSSR count). The largest absolute Gasteiger partial charge is 0.494 e. The first-order valence-electron chi connectivity index (χ1n) is 16.3. The van der Waals surface area contributed by atoms with Crippen molar-refractivity contribution in [2.24, 2.45) is 0 Å². The first-order valence-corrected chi connectivity index (χ1v) is 18.2. The van der Waals surface area contributed by atoms with Crippen LogP contribution in [0.25, 0.3) is 11.0 Å². The third-order valence-corrected chi connectivity index (χ3v) is 10.7. The standard InChI is InChI=1S/C34H45BrN10OS/c1-22(2)45(47-6)32-27(8-7-26-31(32)37-12-11-36-26)39-33-25(35)21-38-34(41-33)40-28-19-23(3)29(20-30(28)46-5)44-13-9-24(10-14-44)43-17-15-42(4)16-18-43/h7-8,11-12,19-22,24H,9-10,13-18H2,1-6H3,(H2,38,39,40,41). The quantitative estimate of drug-likeness (QED) is 0.171. The Morgan fingerprint density at radius 3 is 2.43 bits per heavy atom. The van der Waals surface area contributed by atoms with Gasteiger partial charge in [-0.2, -0.15) is 4.98 Å². The van der Waals surface area contributed by atoms with Crippen molar-refractivity contribution in [1.29, 1.82) is 0 Å². The van der Waals surface area contributed by atoms with Gasteiger partial charge in [0.25, 0.3) is 0 Å². The Balaban J connectivity index is 1.21. The Morgan fingerprint density at radius 2 is 1.72 bits per heavy atom. The lowest BCUT2D eigenvalue weighted by Gasteiger charge is -2.43. The number of aryl methyl sites for hydroxylation is 1. The Bertz CT molecular complexity index is 1690. The van der Waals surface area contributed by atoms with Crippen LogP contribution in [0.5, 0.6) is 5.75 Å². The fourth-order valence-electron chi connectivity index (χ4n) is 6.61. The highest BCUT2D eigenvalue weighted by Gasteiger charge is 2.28. The first kappa shape index (κ1) is 33.5. The lowest BCUT2D eigenvalue weighted by Crippen LogP contribution is -2.52. The lowest BCUT2D eigenvalue weighted by atomic mass is 10.0. The molecule has 0 bridgehead atoms. The molecule has 4 heterocycles. The van der Waals surface area contributed by atoms with E-state index >= 15 is 0 Å². The molecule has 2 N–H and O–H groups in total. The normalized spacial score (nSPS) is 16.6. The minimum atomic E-state index is 0.228. The van der Waals surface area contributed by atoms with Crippen LogP contribution in [-0.4, -0.2) is 102 Å². The van der Waals surface area contributed by atoms with Gasteiger partial charge in [-0.25, -0.2) is 4.98 Å². The number of fused-ring (bicyclic) bond motifs is 1. The summed E-state index contributed by atoms with van der Waals surface area (Å²) >= 11 is 5.31. The van der Waals surface area contributed by atoms with E-state index in [1.807, 2.05) is 12.1 Å². The number of nitrogens with one attached hydrogen (secondary N) is 2. The van der Waals surface area contributed by atoms with Gasteiger partial charge >= 0.3 is 0 Å². The summed E-state index contributed by atoms with van der Waals surface area (Å²) in [6.07, 6.45) is 9.64. The highest BCUT2D eigenvalue weighted by atomic mass is 79.9. The van der Waals surface area contributed by atoms with Crippen molar-refractivity contribution in [2.45, 2.75) is 45.7 Å². The van der Waals surface area contributed by atoms with Gasteiger partial charge in [-0.15, -0.1) is 0 Å². The van der Waals surface area contributed by atoms with Crippen molar-refractivity contribution in [3.8, 4) is 5.75 Å². The fourth-order valence-corrected chi connectivity index (χ4v) is 7.69. The van der Waals surface area contributed by atoms with Crippen LogP contribution in [0.1, 0.15) is 32.3 Å². The lowest BCUT2D eigenvalue weighted by molar-refractivity contribution is 0.0982. The fraction of sp³-hybridized carbons (Fsp3) is 0.471. The Kier molecular flexibility index (Phi) is 10.5. The molecule has 2 saturated heterocycles. The molecule has 0 amide bonds.